The number of nitrogens with zero attached hydrogens (tertiary/aromatic N) is 1. The lowest BCUT2D eigenvalue weighted by atomic mass is 9.96. The van der Waals surface area contributed by atoms with Crippen LogP contribution in [0.1, 0.15) is 26.2 Å². The third-order valence-electron chi connectivity index (χ3n) is 4.42. The molecule has 0 radical (unpaired) electrons. The van der Waals surface area contributed by atoms with Gasteiger partial charge in [0.15, 0.2) is 0 Å². The van der Waals surface area contributed by atoms with Gasteiger partial charge in [0.2, 0.25) is 0 Å². The van der Waals surface area contributed by atoms with Crippen LogP contribution in [0.25, 0.3) is 0 Å². The molecule has 3 N–H and O–H groups in total. The van der Waals surface area contributed by atoms with Crippen LogP contribution in [0.5, 0.6) is 0 Å². The van der Waals surface area contributed by atoms with Gasteiger partial charge >= 0.3 is 0 Å². The zero-order chi connectivity index (χ0) is 13.5. The Bertz CT molecular complexity index is 460. The second-order valence-electron chi connectivity index (χ2n) is 6.05. The minimum atomic E-state index is 0.0197. The lowest BCUT2D eigenvalue weighted by Gasteiger charge is -2.31. The first-order valence-corrected chi connectivity index (χ1v) is 7.91. The highest BCUT2D eigenvalue weighted by Gasteiger charge is 2.46. The van der Waals surface area contributed by atoms with Gasteiger partial charge in [-0.15, -0.1) is 0 Å². The largest absolute Gasteiger partial charge is 0.376 e. The molecular weight excluding hydrogens is 302 g/mol. The van der Waals surface area contributed by atoms with E-state index in [9.17, 15) is 0 Å². The number of halogens is 1. The fourth-order valence-electron chi connectivity index (χ4n) is 3.29. The summed E-state index contributed by atoms with van der Waals surface area (Å²) in [5, 5.41) is 3.70. The van der Waals surface area contributed by atoms with Gasteiger partial charge in [-0.25, -0.2) is 0 Å². The van der Waals surface area contributed by atoms with Crippen LogP contribution >= 0.6 is 15.9 Å². The molecule has 2 unspecified atom stereocenters. The molecule has 0 aromatic heterocycles. The number of nitrogens with two attached hydrogens (primary N) is 1. The average molecular weight is 324 g/mol. The van der Waals surface area contributed by atoms with E-state index >= 15 is 0 Å². The van der Waals surface area contributed by atoms with E-state index in [0.29, 0.717) is 12.6 Å². The van der Waals surface area contributed by atoms with Gasteiger partial charge in [0.05, 0.1) is 5.54 Å². The zero-order valence-corrected chi connectivity index (χ0v) is 13.0. The number of hydrogen-bond acceptors (Lipinski definition) is 3. The Morgan fingerprint density at radius 3 is 2.79 bits per heavy atom. The summed E-state index contributed by atoms with van der Waals surface area (Å²) < 4.78 is 1.11. The Kier molecular flexibility index (Phi) is 3.58. The van der Waals surface area contributed by atoms with E-state index in [0.717, 1.165) is 29.2 Å². The third kappa shape index (κ3) is 2.67. The fraction of sp³-hybridized carbons (Fsp3) is 0.600. The number of benzene rings is 1. The highest BCUT2D eigenvalue weighted by molar-refractivity contribution is 9.10. The summed E-state index contributed by atoms with van der Waals surface area (Å²) in [6, 6.07) is 9.73. The van der Waals surface area contributed by atoms with Crippen molar-refractivity contribution in [1.82, 2.24) is 4.90 Å². The Labute approximate surface area is 123 Å². The molecule has 1 saturated carbocycles. The molecule has 3 nitrogen and oxygen atoms in total. The lowest BCUT2D eigenvalue weighted by molar-refractivity contribution is 0.252. The Hall–Kier alpha value is -0.580. The van der Waals surface area contributed by atoms with E-state index in [1.165, 1.54) is 12.8 Å². The van der Waals surface area contributed by atoms with Crippen LogP contribution < -0.4 is 11.1 Å². The molecule has 2 fully saturated rings. The quantitative estimate of drug-likeness (QED) is 0.895. The van der Waals surface area contributed by atoms with Gasteiger partial charge in [0, 0.05) is 35.3 Å². The molecule has 1 aromatic carbocycles. The van der Waals surface area contributed by atoms with Gasteiger partial charge in [-0.05, 0) is 54.2 Å². The SMILES string of the molecule is CC1CC(CN)(Nc2ccccc2Br)CN1C1CC1. The molecule has 3 rings (SSSR count). The van der Waals surface area contributed by atoms with Gasteiger partial charge in [-0.1, -0.05) is 12.1 Å². The Balaban J connectivity index is 1.79. The monoisotopic (exact) mass is 323 g/mol. The normalized spacial score (nSPS) is 31.6. The van der Waals surface area contributed by atoms with Crippen molar-refractivity contribution in [3.63, 3.8) is 0 Å². The van der Waals surface area contributed by atoms with Crippen LogP contribution in [0.15, 0.2) is 28.7 Å². The van der Waals surface area contributed by atoms with Crippen LogP contribution in [-0.2, 0) is 0 Å². The van der Waals surface area contributed by atoms with E-state index in [1.54, 1.807) is 0 Å². The fourth-order valence-corrected chi connectivity index (χ4v) is 3.67. The topological polar surface area (TPSA) is 41.3 Å². The van der Waals surface area contributed by atoms with Crippen molar-refractivity contribution in [2.24, 2.45) is 5.73 Å². The van der Waals surface area contributed by atoms with Gasteiger partial charge in [0.1, 0.15) is 0 Å². The molecule has 4 heteroatoms. The smallest absolute Gasteiger partial charge is 0.0637 e. The first kappa shape index (κ1) is 13.4. The van der Waals surface area contributed by atoms with E-state index in [-0.39, 0.29) is 5.54 Å². The molecule has 0 bridgehead atoms. The Morgan fingerprint density at radius 2 is 2.16 bits per heavy atom. The minimum absolute atomic E-state index is 0.0197. The molecule has 19 heavy (non-hydrogen) atoms. The van der Waals surface area contributed by atoms with E-state index in [4.69, 9.17) is 5.73 Å². The number of nitrogens with one attached hydrogen (secondary N) is 1. The molecule has 0 spiro atoms. The van der Waals surface area contributed by atoms with Crippen LogP contribution in [0.4, 0.5) is 5.69 Å². The minimum Gasteiger partial charge on any atom is -0.376 e. The summed E-state index contributed by atoms with van der Waals surface area (Å²) in [6.07, 6.45) is 3.85. The van der Waals surface area contributed by atoms with E-state index in [1.807, 2.05) is 6.07 Å². The maximum absolute atomic E-state index is 6.11. The maximum Gasteiger partial charge on any atom is 0.0637 e. The van der Waals surface area contributed by atoms with Crippen molar-refractivity contribution in [2.75, 3.05) is 18.4 Å². The van der Waals surface area contributed by atoms with Gasteiger partial charge in [-0.2, -0.15) is 0 Å². The van der Waals surface area contributed by atoms with Crippen molar-refractivity contribution >= 4 is 21.6 Å². The zero-order valence-electron chi connectivity index (χ0n) is 11.4. The summed E-state index contributed by atoms with van der Waals surface area (Å²) in [5.41, 5.74) is 7.28. The standard InChI is InChI=1S/C15H22BrN3/c1-11-8-15(9-17,10-19(11)12-6-7-12)18-14-5-3-2-4-13(14)16/h2-5,11-12,18H,6-10,17H2,1H3. The summed E-state index contributed by atoms with van der Waals surface area (Å²) in [5.74, 6) is 0. The van der Waals surface area contributed by atoms with Crippen molar-refractivity contribution < 1.29 is 0 Å². The molecule has 104 valence electrons. The lowest BCUT2D eigenvalue weighted by Crippen LogP contribution is -2.48. The van der Waals surface area contributed by atoms with Crippen LogP contribution in [0, 0.1) is 0 Å². The average Bonchev–Trinajstić information content (AvgIpc) is 3.18. The van der Waals surface area contributed by atoms with E-state index < -0.39 is 0 Å². The van der Waals surface area contributed by atoms with Crippen molar-refractivity contribution in [3.05, 3.63) is 28.7 Å². The van der Waals surface area contributed by atoms with Crippen LogP contribution in [0.3, 0.4) is 0 Å². The first-order valence-electron chi connectivity index (χ1n) is 7.12. The number of rotatable bonds is 4. The highest BCUT2D eigenvalue weighted by atomic mass is 79.9. The summed E-state index contributed by atoms with van der Waals surface area (Å²) in [4.78, 5) is 2.64. The second kappa shape index (κ2) is 5.08. The molecule has 1 aliphatic carbocycles. The van der Waals surface area contributed by atoms with Crippen molar-refractivity contribution in [2.45, 2.75) is 43.8 Å². The number of hydrogen-bond donors (Lipinski definition) is 2. The van der Waals surface area contributed by atoms with Crippen molar-refractivity contribution in [3.8, 4) is 0 Å². The molecular formula is C15H22BrN3. The molecule has 1 aromatic rings. The number of para-hydroxylation sites is 1. The molecule has 1 aliphatic heterocycles. The summed E-state index contributed by atoms with van der Waals surface area (Å²) >= 11 is 3.61. The molecule has 2 atom stereocenters. The predicted octanol–water partition coefficient (Wildman–Crippen LogP) is 2.82. The molecule has 2 aliphatic rings. The summed E-state index contributed by atoms with van der Waals surface area (Å²) in [6.45, 7) is 4.08. The van der Waals surface area contributed by atoms with Crippen molar-refractivity contribution in [1.29, 1.82) is 0 Å². The second-order valence-corrected chi connectivity index (χ2v) is 6.90. The summed E-state index contributed by atoms with van der Waals surface area (Å²) in [7, 11) is 0. The first-order chi connectivity index (χ1) is 9.13. The number of likely N-dealkylation sites (tertiary alicyclic amines) is 1. The highest BCUT2D eigenvalue weighted by Crippen LogP contribution is 2.39. The Morgan fingerprint density at radius 1 is 1.42 bits per heavy atom. The molecule has 0 amide bonds. The third-order valence-corrected chi connectivity index (χ3v) is 5.11. The predicted molar refractivity (Wildman–Crippen MR) is 83.4 cm³/mol. The van der Waals surface area contributed by atoms with E-state index in [2.05, 4.69) is 51.3 Å². The van der Waals surface area contributed by atoms with Crippen LogP contribution in [0.2, 0.25) is 0 Å². The maximum atomic E-state index is 6.11. The van der Waals surface area contributed by atoms with Gasteiger partial charge in [-0.3, -0.25) is 4.90 Å². The van der Waals surface area contributed by atoms with Crippen LogP contribution in [-0.4, -0.2) is 35.6 Å². The molecule has 1 heterocycles. The number of anilines is 1. The van der Waals surface area contributed by atoms with Gasteiger partial charge < -0.3 is 11.1 Å². The molecule has 1 saturated heterocycles. The van der Waals surface area contributed by atoms with Gasteiger partial charge in [0.25, 0.3) is 0 Å².